The molecule has 1 atom stereocenters. The summed E-state index contributed by atoms with van der Waals surface area (Å²) in [6, 6.07) is 3.33. The van der Waals surface area contributed by atoms with Crippen molar-refractivity contribution in [2.45, 2.75) is 37.7 Å². The second-order valence-electron chi connectivity index (χ2n) is 6.12. The number of aliphatic hydroxyl groups is 1. The molecule has 1 fully saturated rings. The second kappa shape index (κ2) is 6.60. The fourth-order valence-corrected chi connectivity index (χ4v) is 2.47. The number of benzene rings is 1. The Bertz CT molecular complexity index is 545. The van der Waals surface area contributed by atoms with Crippen LogP contribution in [0.5, 0.6) is 0 Å². The van der Waals surface area contributed by atoms with Crippen molar-refractivity contribution in [1.82, 2.24) is 10.2 Å². The highest BCUT2D eigenvalue weighted by molar-refractivity contribution is 5.74. The van der Waals surface area contributed by atoms with Gasteiger partial charge in [-0.25, -0.2) is 13.6 Å². The van der Waals surface area contributed by atoms with Crippen molar-refractivity contribution >= 4 is 6.03 Å². The predicted molar refractivity (Wildman–Crippen MR) is 79.6 cm³/mol. The summed E-state index contributed by atoms with van der Waals surface area (Å²) in [5.41, 5.74) is 0.0410. The molecule has 2 rings (SSSR count). The highest BCUT2D eigenvalue weighted by Crippen LogP contribution is 2.48. The van der Waals surface area contributed by atoms with Gasteiger partial charge in [-0.2, -0.15) is 0 Å². The molecule has 0 saturated heterocycles. The first-order chi connectivity index (χ1) is 10.3. The standard InChI is InChI=1S/C16H22F2N2O2/c1-11(21)5-8-20(2)15(22)19-10-16(6-7-16)13-4-3-12(17)9-14(13)18/h3-4,9,11,21H,5-8,10H2,1-2H3,(H,19,22). The smallest absolute Gasteiger partial charge is 0.317 e. The maximum absolute atomic E-state index is 13.9. The Hall–Kier alpha value is -1.69. The Morgan fingerprint density at radius 3 is 2.68 bits per heavy atom. The average Bonchev–Trinajstić information content (AvgIpc) is 3.23. The third kappa shape index (κ3) is 3.94. The van der Waals surface area contributed by atoms with Crippen LogP contribution in [-0.4, -0.2) is 42.3 Å². The average molecular weight is 312 g/mol. The van der Waals surface area contributed by atoms with Crippen molar-refractivity contribution < 1.29 is 18.7 Å². The van der Waals surface area contributed by atoms with Gasteiger partial charge >= 0.3 is 6.03 Å². The first-order valence-corrected chi connectivity index (χ1v) is 7.47. The number of carbonyl (C=O) groups excluding carboxylic acids is 1. The van der Waals surface area contributed by atoms with Crippen LogP contribution in [0.2, 0.25) is 0 Å². The number of rotatable bonds is 6. The van der Waals surface area contributed by atoms with Gasteiger partial charge in [-0.3, -0.25) is 0 Å². The minimum atomic E-state index is -0.598. The van der Waals surface area contributed by atoms with Crippen LogP contribution in [0.25, 0.3) is 0 Å². The minimum Gasteiger partial charge on any atom is -0.393 e. The van der Waals surface area contributed by atoms with Gasteiger partial charge in [-0.15, -0.1) is 0 Å². The zero-order valence-electron chi connectivity index (χ0n) is 12.9. The van der Waals surface area contributed by atoms with E-state index < -0.39 is 23.2 Å². The second-order valence-corrected chi connectivity index (χ2v) is 6.12. The van der Waals surface area contributed by atoms with Crippen LogP contribution in [0.3, 0.4) is 0 Å². The van der Waals surface area contributed by atoms with Gasteiger partial charge in [-0.05, 0) is 37.8 Å². The van der Waals surface area contributed by atoms with Crippen molar-refractivity contribution in [2.75, 3.05) is 20.1 Å². The number of urea groups is 1. The molecule has 122 valence electrons. The van der Waals surface area contributed by atoms with E-state index in [4.69, 9.17) is 0 Å². The monoisotopic (exact) mass is 312 g/mol. The van der Waals surface area contributed by atoms with E-state index in [0.717, 1.165) is 18.9 Å². The number of aliphatic hydroxyl groups excluding tert-OH is 1. The lowest BCUT2D eigenvalue weighted by Gasteiger charge is -2.22. The summed E-state index contributed by atoms with van der Waals surface area (Å²) in [6.45, 7) is 2.44. The first kappa shape index (κ1) is 16.7. The van der Waals surface area contributed by atoms with E-state index in [1.165, 1.54) is 17.0 Å². The summed E-state index contributed by atoms with van der Waals surface area (Å²) in [6.07, 6.45) is 1.58. The number of halogens is 2. The summed E-state index contributed by atoms with van der Waals surface area (Å²) < 4.78 is 26.9. The Kier molecular flexibility index (Phi) is 5.01. The molecule has 22 heavy (non-hydrogen) atoms. The van der Waals surface area contributed by atoms with Crippen molar-refractivity contribution in [3.05, 3.63) is 35.4 Å². The highest BCUT2D eigenvalue weighted by atomic mass is 19.1. The summed E-state index contributed by atoms with van der Waals surface area (Å²) in [4.78, 5) is 13.5. The van der Waals surface area contributed by atoms with Crippen LogP contribution < -0.4 is 5.32 Å². The Labute approximate surface area is 129 Å². The molecular weight excluding hydrogens is 290 g/mol. The molecular formula is C16H22F2N2O2. The largest absolute Gasteiger partial charge is 0.393 e. The lowest BCUT2D eigenvalue weighted by atomic mass is 9.95. The number of hydrogen-bond acceptors (Lipinski definition) is 2. The van der Waals surface area contributed by atoms with Crippen molar-refractivity contribution in [2.24, 2.45) is 0 Å². The van der Waals surface area contributed by atoms with E-state index in [9.17, 15) is 18.7 Å². The summed E-state index contributed by atoms with van der Waals surface area (Å²) in [5, 5.41) is 12.0. The first-order valence-electron chi connectivity index (χ1n) is 7.47. The molecule has 0 radical (unpaired) electrons. The minimum absolute atomic E-state index is 0.255. The molecule has 1 aromatic rings. The summed E-state index contributed by atoms with van der Waals surface area (Å²) >= 11 is 0. The maximum atomic E-state index is 13.9. The molecule has 2 amide bonds. The molecule has 4 nitrogen and oxygen atoms in total. The van der Waals surface area contributed by atoms with Crippen LogP contribution in [0.4, 0.5) is 13.6 Å². The number of nitrogens with one attached hydrogen (secondary N) is 1. The van der Waals surface area contributed by atoms with Crippen molar-refractivity contribution in [3.63, 3.8) is 0 Å². The quantitative estimate of drug-likeness (QED) is 0.847. The van der Waals surface area contributed by atoms with Gasteiger partial charge in [0.15, 0.2) is 0 Å². The molecule has 1 aliphatic rings. The van der Waals surface area contributed by atoms with Crippen molar-refractivity contribution in [3.8, 4) is 0 Å². The molecule has 0 aromatic heterocycles. The lowest BCUT2D eigenvalue weighted by molar-refractivity contribution is 0.163. The highest BCUT2D eigenvalue weighted by Gasteiger charge is 2.46. The molecule has 1 unspecified atom stereocenters. The van der Waals surface area contributed by atoms with Gasteiger partial charge in [0, 0.05) is 31.6 Å². The molecule has 6 heteroatoms. The van der Waals surface area contributed by atoms with Crippen LogP contribution in [0, 0.1) is 11.6 Å². The molecule has 2 N–H and O–H groups in total. The third-order valence-electron chi connectivity index (χ3n) is 4.16. The Morgan fingerprint density at radius 1 is 1.45 bits per heavy atom. The van der Waals surface area contributed by atoms with Gasteiger partial charge in [-0.1, -0.05) is 6.07 Å². The SMILES string of the molecule is CC(O)CCN(C)C(=O)NCC1(c2ccc(F)cc2F)CC1. The van der Waals surface area contributed by atoms with Crippen LogP contribution >= 0.6 is 0 Å². The van der Waals surface area contributed by atoms with E-state index in [0.29, 0.717) is 25.1 Å². The van der Waals surface area contributed by atoms with E-state index >= 15 is 0 Å². The van der Waals surface area contributed by atoms with Gasteiger partial charge in [0.05, 0.1) is 6.10 Å². The number of nitrogens with zero attached hydrogens (tertiary/aromatic N) is 1. The third-order valence-corrected chi connectivity index (χ3v) is 4.16. The number of carbonyl (C=O) groups is 1. The van der Waals surface area contributed by atoms with E-state index in [-0.39, 0.29) is 6.03 Å². The van der Waals surface area contributed by atoms with Crippen LogP contribution in [0.15, 0.2) is 18.2 Å². The number of amides is 2. The Balaban J connectivity index is 1.92. The number of hydrogen-bond donors (Lipinski definition) is 2. The van der Waals surface area contributed by atoms with Crippen LogP contribution in [0.1, 0.15) is 31.7 Å². The zero-order chi connectivity index (χ0) is 16.3. The van der Waals surface area contributed by atoms with Gasteiger partial charge < -0.3 is 15.3 Å². The predicted octanol–water partition coefficient (Wildman–Crippen LogP) is 2.41. The molecule has 0 bridgehead atoms. The summed E-state index contributed by atoms with van der Waals surface area (Å²) in [7, 11) is 1.65. The molecule has 0 aliphatic heterocycles. The molecule has 0 heterocycles. The normalized spacial score (nSPS) is 17.0. The maximum Gasteiger partial charge on any atom is 0.317 e. The van der Waals surface area contributed by atoms with E-state index in [1.807, 2.05) is 0 Å². The Morgan fingerprint density at radius 2 is 2.14 bits per heavy atom. The van der Waals surface area contributed by atoms with Gasteiger partial charge in [0.1, 0.15) is 11.6 Å². The topological polar surface area (TPSA) is 52.6 Å². The van der Waals surface area contributed by atoms with Crippen molar-refractivity contribution in [1.29, 1.82) is 0 Å². The van der Waals surface area contributed by atoms with Gasteiger partial charge in [0.25, 0.3) is 0 Å². The summed E-state index contributed by atoms with van der Waals surface area (Å²) in [5.74, 6) is -1.16. The zero-order valence-corrected chi connectivity index (χ0v) is 12.9. The van der Waals surface area contributed by atoms with Crippen LogP contribution in [-0.2, 0) is 5.41 Å². The van der Waals surface area contributed by atoms with Gasteiger partial charge in [0.2, 0.25) is 0 Å². The molecule has 1 aliphatic carbocycles. The molecule has 1 saturated carbocycles. The van der Waals surface area contributed by atoms with E-state index in [1.54, 1.807) is 14.0 Å². The molecule has 1 aromatic carbocycles. The fraction of sp³-hybridized carbons (Fsp3) is 0.562. The molecule has 0 spiro atoms. The van der Waals surface area contributed by atoms with E-state index in [2.05, 4.69) is 5.32 Å². The lowest BCUT2D eigenvalue weighted by Crippen LogP contribution is -2.42. The fourth-order valence-electron chi connectivity index (χ4n) is 2.47.